The minimum atomic E-state index is -0.446. The van der Waals surface area contributed by atoms with Crippen molar-refractivity contribution in [1.82, 2.24) is 10.2 Å². The van der Waals surface area contributed by atoms with Crippen molar-refractivity contribution in [3.63, 3.8) is 0 Å². The predicted molar refractivity (Wildman–Crippen MR) is 79.6 cm³/mol. The van der Waals surface area contributed by atoms with E-state index in [4.69, 9.17) is 10.00 Å². The number of nitrogens with zero attached hydrogens (tertiary/aromatic N) is 2. The summed E-state index contributed by atoms with van der Waals surface area (Å²) in [6.07, 6.45) is -0.251. The molecule has 1 amide bonds. The average Bonchev–Trinajstić information content (AvgIpc) is 2.35. The number of carbonyl (C=O) groups excluding carboxylic acids is 1. The van der Waals surface area contributed by atoms with Crippen molar-refractivity contribution in [1.29, 1.82) is 5.26 Å². The average molecular weight is 287 g/mol. The molecule has 1 aromatic rings. The van der Waals surface area contributed by atoms with E-state index in [9.17, 15) is 4.79 Å². The van der Waals surface area contributed by atoms with Gasteiger partial charge in [0.05, 0.1) is 11.6 Å². The van der Waals surface area contributed by atoms with E-state index >= 15 is 0 Å². The predicted octanol–water partition coefficient (Wildman–Crippen LogP) is 2.27. The molecule has 1 fully saturated rings. The molecule has 1 heterocycles. The summed E-state index contributed by atoms with van der Waals surface area (Å²) in [7, 11) is 0. The highest BCUT2D eigenvalue weighted by molar-refractivity contribution is 5.69. The Bertz CT molecular complexity index is 534. The van der Waals surface area contributed by atoms with Crippen LogP contribution >= 0.6 is 0 Å². The Morgan fingerprint density at radius 2 is 2.00 bits per heavy atom. The number of ether oxygens (including phenoxy) is 1. The molecule has 1 aliphatic rings. The van der Waals surface area contributed by atoms with Crippen LogP contribution < -0.4 is 5.32 Å². The molecule has 112 valence electrons. The summed E-state index contributed by atoms with van der Waals surface area (Å²) < 4.78 is 5.31. The summed E-state index contributed by atoms with van der Waals surface area (Å²) in [5, 5.41) is 12.1. The maximum Gasteiger partial charge on any atom is 0.410 e. The number of rotatable bonds is 3. The van der Waals surface area contributed by atoms with E-state index in [1.54, 1.807) is 4.90 Å². The van der Waals surface area contributed by atoms with Crippen molar-refractivity contribution in [3.05, 3.63) is 35.4 Å². The molecule has 0 aliphatic carbocycles. The molecular formula is C16H21N3O2. The molecule has 1 N–H and O–H groups in total. The fourth-order valence-electron chi connectivity index (χ4n) is 2.04. The lowest BCUT2D eigenvalue weighted by atomic mass is 10.1. The van der Waals surface area contributed by atoms with Gasteiger partial charge in [0.2, 0.25) is 0 Å². The third-order valence-electron chi connectivity index (χ3n) is 3.21. The van der Waals surface area contributed by atoms with Crippen molar-refractivity contribution in [2.75, 3.05) is 13.1 Å². The quantitative estimate of drug-likeness (QED) is 0.926. The van der Waals surface area contributed by atoms with Gasteiger partial charge >= 0.3 is 6.09 Å². The lowest BCUT2D eigenvalue weighted by Gasteiger charge is -2.40. The van der Waals surface area contributed by atoms with Gasteiger partial charge in [-0.2, -0.15) is 5.26 Å². The van der Waals surface area contributed by atoms with E-state index in [-0.39, 0.29) is 6.09 Å². The van der Waals surface area contributed by atoms with E-state index in [0.717, 1.165) is 12.1 Å². The zero-order valence-electron chi connectivity index (χ0n) is 12.7. The maximum absolute atomic E-state index is 11.8. The van der Waals surface area contributed by atoms with Gasteiger partial charge in [-0.3, -0.25) is 0 Å². The van der Waals surface area contributed by atoms with Gasteiger partial charge in [-0.25, -0.2) is 4.79 Å². The van der Waals surface area contributed by atoms with E-state index in [1.165, 1.54) is 0 Å². The molecule has 2 rings (SSSR count). The molecule has 1 aliphatic heterocycles. The number of likely N-dealkylation sites (tertiary alicyclic amines) is 1. The Morgan fingerprint density at radius 3 is 2.52 bits per heavy atom. The van der Waals surface area contributed by atoms with Crippen molar-refractivity contribution in [2.45, 2.75) is 39.0 Å². The van der Waals surface area contributed by atoms with Crippen molar-refractivity contribution >= 4 is 6.09 Å². The molecule has 1 aromatic carbocycles. The highest BCUT2D eigenvalue weighted by Gasteiger charge is 2.33. The zero-order chi connectivity index (χ0) is 15.5. The number of nitrogens with one attached hydrogen (secondary N) is 1. The molecule has 0 unspecified atom stereocenters. The van der Waals surface area contributed by atoms with Crippen LogP contribution in [-0.2, 0) is 11.3 Å². The zero-order valence-corrected chi connectivity index (χ0v) is 12.7. The molecule has 1 saturated heterocycles. The van der Waals surface area contributed by atoms with Crippen LogP contribution in [0.4, 0.5) is 4.79 Å². The summed E-state index contributed by atoms with van der Waals surface area (Å²) in [5.74, 6) is 0. The van der Waals surface area contributed by atoms with Crippen LogP contribution in [0.2, 0.25) is 0 Å². The first-order valence-electron chi connectivity index (χ1n) is 7.08. The Labute approximate surface area is 125 Å². The lowest BCUT2D eigenvalue weighted by Crippen LogP contribution is -2.60. The number of hydrogen-bond donors (Lipinski definition) is 1. The minimum Gasteiger partial charge on any atom is -0.444 e. The third kappa shape index (κ3) is 4.47. The molecule has 21 heavy (non-hydrogen) atoms. The van der Waals surface area contributed by atoms with Crippen LogP contribution in [-0.4, -0.2) is 35.7 Å². The Kier molecular flexibility index (Phi) is 4.49. The molecular weight excluding hydrogens is 266 g/mol. The van der Waals surface area contributed by atoms with E-state index in [1.807, 2.05) is 45.0 Å². The molecule has 0 atom stereocenters. The largest absolute Gasteiger partial charge is 0.444 e. The smallest absolute Gasteiger partial charge is 0.410 e. The normalized spacial score (nSPS) is 15.2. The molecule has 5 heteroatoms. The minimum absolute atomic E-state index is 0.251. The molecule has 5 nitrogen and oxygen atoms in total. The molecule has 0 radical (unpaired) electrons. The van der Waals surface area contributed by atoms with Gasteiger partial charge in [-0.1, -0.05) is 12.1 Å². The molecule has 0 aromatic heterocycles. The van der Waals surface area contributed by atoms with Crippen LogP contribution in [0, 0.1) is 11.3 Å². The first-order valence-corrected chi connectivity index (χ1v) is 7.08. The fraction of sp³-hybridized carbons (Fsp3) is 0.500. The summed E-state index contributed by atoms with van der Waals surface area (Å²) in [6.45, 7) is 7.68. The molecule has 0 spiro atoms. The number of carbonyl (C=O) groups is 1. The highest BCUT2D eigenvalue weighted by atomic mass is 16.6. The van der Waals surface area contributed by atoms with E-state index < -0.39 is 5.60 Å². The molecule has 0 bridgehead atoms. The SMILES string of the molecule is CC(C)(C)OC(=O)N1CC(NCc2ccc(C#N)cc2)C1. The van der Waals surface area contributed by atoms with Gasteiger partial charge in [0.15, 0.2) is 0 Å². The number of benzene rings is 1. The Morgan fingerprint density at radius 1 is 1.38 bits per heavy atom. The van der Waals surface area contributed by atoms with Gasteiger partial charge in [0, 0.05) is 25.7 Å². The van der Waals surface area contributed by atoms with Gasteiger partial charge in [0.25, 0.3) is 0 Å². The summed E-state index contributed by atoms with van der Waals surface area (Å²) in [5.41, 5.74) is 1.35. The second-order valence-corrected chi connectivity index (χ2v) is 6.27. The van der Waals surface area contributed by atoms with Gasteiger partial charge < -0.3 is 15.0 Å². The van der Waals surface area contributed by atoms with E-state index in [2.05, 4.69) is 11.4 Å². The van der Waals surface area contributed by atoms with Crippen molar-refractivity contribution in [3.8, 4) is 6.07 Å². The van der Waals surface area contributed by atoms with Gasteiger partial charge in [-0.15, -0.1) is 0 Å². The van der Waals surface area contributed by atoms with Crippen LogP contribution in [0.5, 0.6) is 0 Å². The van der Waals surface area contributed by atoms with Crippen LogP contribution in [0.1, 0.15) is 31.9 Å². The van der Waals surface area contributed by atoms with Gasteiger partial charge in [-0.05, 0) is 38.5 Å². The number of amides is 1. The number of hydrogen-bond acceptors (Lipinski definition) is 4. The lowest BCUT2D eigenvalue weighted by molar-refractivity contribution is 0.00519. The summed E-state index contributed by atoms with van der Waals surface area (Å²) >= 11 is 0. The topological polar surface area (TPSA) is 65.4 Å². The Balaban J connectivity index is 1.71. The standard InChI is InChI=1S/C16H21N3O2/c1-16(2,3)21-15(20)19-10-14(11-19)18-9-13-6-4-12(8-17)5-7-13/h4-7,14,18H,9-11H2,1-3H3. The number of nitriles is 1. The first-order chi connectivity index (χ1) is 9.87. The monoisotopic (exact) mass is 287 g/mol. The van der Waals surface area contributed by atoms with Crippen LogP contribution in [0.3, 0.4) is 0 Å². The summed E-state index contributed by atoms with van der Waals surface area (Å²) in [6, 6.07) is 9.90. The highest BCUT2D eigenvalue weighted by Crippen LogP contribution is 2.15. The second-order valence-electron chi connectivity index (χ2n) is 6.27. The van der Waals surface area contributed by atoms with E-state index in [0.29, 0.717) is 24.7 Å². The fourth-order valence-corrected chi connectivity index (χ4v) is 2.04. The van der Waals surface area contributed by atoms with Gasteiger partial charge in [0.1, 0.15) is 5.60 Å². The van der Waals surface area contributed by atoms with Crippen molar-refractivity contribution in [2.24, 2.45) is 0 Å². The van der Waals surface area contributed by atoms with Crippen LogP contribution in [0.25, 0.3) is 0 Å². The molecule has 0 saturated carbocycles. The summed E-state index contributed by atoms with van der Waals surface area (Å²) in [4.78, 5) is 13.5. The van der Waals surface area contributed by atoms with Crippen LogP contribution in [0.15, 0.2) is 24.3 Å². The Hall–Kier alpha value is -2.06. The first kappa shape index (κ1) is 15.3. The third-order valence-corrected chi connectivity index (χ3v) is 3.21. The maximum atomic E-state index is 11.8. The second kappa shape index (κ2) is 6.15. The van der Waals surface area contributed by atoms with Crippen molar-refractivity contribution < 1.29 is 9.53 Å².